The van der Waals surface area contributed by atoms with Gasteiger partial charge >= 0.3 is 0 Å². The van der Waals surface area contributed by atoms with Gasteiger partial charge in [0.15, 0.2) is 0 Å². The quantitative estimate of drug-likeness (QED) is 0.620. The van der Waals surface area contributed by atoms with E-state index in [1.165, 1.54) is 12.8 Å². The van der Waals surface area contributed by atoms with Crippen LogP contribution in [0.1, 0.15) is 53.4 Å². The van der Waals surface area contributed by atoms with Gasteiger partial charge in [-0.25, -0.2) is 0 Å². The zero-order chi connectivity index (χ0) is 11.0. The van der Waals surface area contributed by atoms with E-state index in [0.717, 1.165) is 19.4 Å². The van der Waals surface area contributed by atoms with Gasteiger partial charge in [0.05, 0.1) is 0 Å². The van der Waals surface area contributed by atoms with Crippen LogP contribution in [0.4, 0.5) is 0 Å². The van der Waals surface area contributed by atoms with Crippen molar-refractivity contribution in [3.05, 3.63) is 0 Å². The Morgan fingerprint density at radius 1 is 1.21 bits per heavy atom. The molecular weight excluding hydrogens is 174 g/mol. The minimum Gasteiger partial charge on any atom is -0.396 e. The first-order valence-corrected chi connectivity index (χ1v) is 5.80. The lowest BCUT2D eigenvalue weighted by Gasteiger charge is -2.19. The first kappa shape index (κ1) is 13.9. The van der Waals surface area contributed by atoms with Crippen LogP contribution in [0.3, 0.4) is 0 Å². The third-order valence-electron chi connectivity index (χ3n) is 2.39. The summed E-state index contributed by atoms with van der Waals surface area (Å²) in [6.07, 6.45) is 4.50. The molecule has 0 aliphatic rings. The van der Waals surface area contributed by atoms with Crippen LogP contribution in [0.25, 0.3) is 0 Å². The minimum absolute atomic E-state index is 0.314. The lowest BCUT2D eigenvalue weighted by atomic mass is 9.90. The van der Waals surface area contributed by atoms with Crippen LogP contribution in [-0.4, -0.2) is 24.3 Å². The van der Waals surface area contributed by atoms with E-state index < -0.39 is 0 Å². The van der Waals surface area contributed by atoms with Gasteiger partial charge in [0.25, 0.3) is 0 Å². The highest BCUT2D eigenvalue weighted by Gasteiger charge is 2.09. The minimum atomic E-state index is 0.314. The molecular formula is C12H27NO. The fourth-order valence-corrected chi connectivity index (χ4v) is 1.47. The predicted octanol–water partition coefficient (Wildman–Crippen LogP) is 2.56. The molecule has 2 heteroatoms. The Labute approximate surface area is 89.1 Å². The fourth-order valence-electron chi connectivity index (χ4n) is 1.47. The van der Waals surface area contributed by atoms with Gasteiger partial charge in [-0.1, -0.05) is 20.8 Å². The molecule has 1 unspecified atom stereocenters. The monoisotopic (exact) mass is 201 g/mol. The lowest BCUT2D eigenvalue weighted by molar-refractivity contribution is 0.275. The van der Waals surface area contributed by atoms with Gasteiger partial charge in [-0.2, -0.15) is 0 Å². The van der Waals surface area contributed by atoms with E-state index in [1.54, 1.807) is 0 Å². The fraction of sp³-hybridized carbons (Fsp3) is 1.00. The summed E-state index contributed by atoms with van der Waals surface area (Å²) in [4.78, 5) is 0. The summed E-state index contributed by atoms with van der Waals surface area (Å²) in [5.74, 6) is 0. The third kappa shape index (κ3) is 10.0. The first-order valence-electron chi connectivity index (χ1n) is 5.80. The molecule has 14 heavy (non-hydrogen) atoms. The van der Waals surface area contributed by atoms with E-state index in [-0.39, 0.29) is 0 Å². The average Bonchev–Trinajstić information content (AvgIpc) is 2.07. The summed E-state index contributed by atoms with van der Waals surface area (Å²) in [6.45, 7) is 10.4. The van der Waals surface area contributed by atoms with Crippen molar-refractivity contribution in [2.24, 2.45) is 5.41 Å². The van der Waals surface area contributed by atoms with Crippen LogP contribution in [0, 0.1) is 5.41 Å². The van der Waals surface area contributed by atoms with Gasteiger partial charge in [-0.05, 0) is 44.6 Å². The van der Waals surface area contributed by atoms with Crippen LogP contribution < -0.4 is 5.32 Å². The van der Waals surface area contributed by atoms with Crippen molar-refractivity contribution in [3.63, 3.8) is 0 Å². The maximum Gasteiger partial charge on any atom is 0.0431 e. The Kier molecular flexibility index (Phi) is 7.20. The van der Waals surface area contributed by atoms with Crippen molar-refractivity contribution in [3.8, 4) is 0 Å². The first-order chi connectivity index (χ1) is 6.45. The molecule has 0 amide bonds. The molecule has 0 aromatic carbocycles. The highest BCUT2D eigenvalue weighted by atomic mass is 16.2. The second-order valence-electron chi connectivity index (χ2n) is 5.39. The molecule has 0 saturated heterocycles. The standard InChI is InChI=1S/C12H27NO/c1-11(7-5-10-14)13-9-6-8-12(2,3)4/h11,13-14H,5-10H2,1-4H3. The summed E-state index contributed by atoms with van der Waals surface area (Å²) in [7, 11) is 0. The zero-order valence-electron chi connectivity index (χ0n) is 10.3. The van der Waals surface area contributed by atoms with Gasteiger partial charge < -0.3 is 10.4 Å². The summed E-state index contributed by atoms with van der Waals surface area (Å²) in [5, 5.41) is 12.1. The molecule has 0 aliphatic heterocycles. The largest absolute Gasteiger partial charge is 0.396 e. The van der Waals surface area contributed by atoms with E-state index >= 15 is 0 Å². The van der Waals surface area contributed by atoms with Crippen molar-refractivity contribution >= 4 is 0 Å². The maximum absolute atomic E-state index is 8.67. The van der Waals surface area contributed by atoms with Crippen LogP contribution in [0.5, 0.6) is 0 Å². The molecule has 0 spiro atoms. The van der Waals surface area contributed by atoms with Crippen LogP contribution in [-0.2, 0) is 0 Å². The Balaban J connectivity index is 3.27. The summed E-state index contributed by atoms with van der Waals surface area (Å²) in [5.41, 5.74) is 0.454. The Hall–Kier alpha value is -0.0800. The molecule has 2 nitrogen and oxygen atoms in total. The Bertz CT molecular complexity index is 129. The van der Waals surface area contributed by atoms with Crippen molar-refractivity contribution in [1.29, 1.82) is 0 Å². The number of aliphatic hydroxyl groups excluding tert-OH is 1. The molecule has 86 valence electrons. The van der Waals surface area contributed by atoms with Gasteiger partial charge in [-0.3, -0.25) is 0 Å². The third-order valence-corrected chi connectivity index (χ3v) is 2.39. The van der Waals surface area contributed by atoms with Crippen molar-refractivity contribution in [1.82, 2.24) is 5.32 Å². The zero-order valence-corrected chi connectivity index (χ0v) is 10.3. The predicted molar refractivity (Wildman–Crippen MR) is 62.5 cm³/mol. The number of rotatable bonds is 7. The average molecular weight is 201 g/mol. The molecule has 0 fully saturated rings. The lowest BCUT2D eigenvalue weighted by Crippen LogP contribution is -2.27. The van der Waals surface area contributed by atoms with Gasteiger partial charge in [0.2, 0.25) is 0 Å². The molecule has 0 radical (unpaired) electrons. The molecule has 0 rings (SSSR count). The summed E-state index contributed by atoms with van der Waals surface area (Å²) < 4.78 is 0. The van der Waals surface area contributed by atoms with Gasteiger partial charge in [0.1, 0.15) is 0 Å². The highest BCUT2D eigenvalue weighted by Crippen LogP contribution is 2.19. The van der Waals surface area contributed by atoms with Crippen LogP contribution in [0.15, 0.2) is 0 Å². The second kappa shape index (κ2) is 7.24. The highest BCUT2D eigenvalue weighted by molar-refractivity contribution is 4.64. The van der Waals surface area contributed by atoms with Crippen molar-refractivity contribution < 1.29 is 5.11 Å². The molecule has 2 N–H and O–H groups in total. The molecule has 0 aromatic heterocycles. The number of hydrogen-bond donors (Lipinski definition) is 2. The molecule has 0 bridgehead atoms. The van der Waals surface area contributed by atoms with Gasteiger partial charge in [0, 0.05) is 12.6 Å². The van der Waals surface area contributed by atoms with Crippen LogP contribution >= 0.6 is 0 Å². The van der Waals surface area contributed by atoms with E-state index in [9.17, 15) is 0 Å². The van der Waals surface area contributed by atoms with E-state index in [4.69, 9.17) is 5.11 Å². The number of nitrogens with one attached hydrogen (secondary N) is 1. The maximum atomic E-state index is 8.67. The SMILES string of the molecule is CC(CCCO)NCCCC(C)(C)C. The molecule has 0 aromatic rings. The second-order valence-corrected chi connectivity index (χ2v) is 5.39. The van der Waals surface area contributed by atoms with E-state index in [0.29, 0.717) is 18.1 Å². The molecule has 0 saturated carbocycles. The molecule has 0 heterocycles. The smallest absolute Gasteiger partial charge is 0.0431 e. The summed E-state index contributed by atoms with van der Waals surface area (Å²) >= 11 is 0. The summed E-state index contributed by atoms with van der Waals surface area (Å²) in [6, 6.07) is 0.544. The van der Waals surface area contributed by atoms with E-state index in [2.05, 4.69) is 33.0 Å². The topological polar surface area (TPSA) is 32.3 Å². The van der Waals surface area contributed by atoms with Gasteiger partial charge in [-0.15, -0.1) is 0 Å². The van der Waals surface area contributed by atoms with Crippen molar-refractivity contribution in [2.75, 3.05) is 13.2 Å². The van der Waals surface area contributed by atoms with Crippen molar-refractivity contribution in [2.45, 2.75) is 59.4 Å². The Morgan fingerprint density at radius 2 is 1.86 bits per heavy atom. The van der Waals surface area contributed by atoms with E-state index in [1.807, 2.05) is 0 Å². The van der Waals surface area contributed by atoms with Crippen LogP contribution in [0.2, 0.25) is 0 Å². The molecule has 0 aliphatic carbocycles. The number of aliphatic hydroxyl groups is 1. The Morgan fingerprint density at radius 3 is 2.36 bits per heavy atom. The normalized spacial score (nSPS) is 14.4. The number of hydrogen-bond acceptors (Lipinski definition) is 2. The molecule has 1 atom stereocenters.